The highest BCUT2D eigenvalue weighted by Crippen LogP contribution is 2.17. The summed E-state index contributed by atoms with van der Waals surface area (Å²) in [4.78, 5) is 38.3. The Morgan fingerprint density at radius 3 is 0.806 bits per heavy atom. The first-order valence-corrected chi connectivity index (χ1v) is 31.3. The van der Waals surface area contributed by atoms with E-state index < -0.39 is 6.10 Å². The van der Waals surface area contributed by atoms with Crippen molar-refractivity contribution >= 4 is 17.9 Å². The zero-order valence-corrected chi connectivity index (χ0v) is 47.9. The number of carbonyl (C=O) groups is 3. The lowest BCUT2D eigenvalue weighted by Crippen LogP contribution is -2.30. The normalized spacial score (nSPS) is 12.4. The largest absolute Gasteiger partial charge is 0.462 e. The van der Waals surface area contributed by atoms with Crippen molar-refractivity contribution in [2.75, 3.05) is 13.2 Å². The Kier molecular flexibility index (Phi) is 58.2. The molecule has 1 atom stereocenters. The van der Waals surface area contributed by atoms with Crippen LogP contribution in [0.4, 0.5) is 0 Å². The second kappa shape index (κ2) is 60.7. The highest BCUT2D eigenvalue weighted by atomic mass is 16.6. The first-order valence-electron chi connectivity index (χ1n) is 31.3. The molecular formula is C66H118O6. The topological polar surface area (TPSA) is 78.9 Å². The number of allylic oxidation sites excluding steroid dienone is 10. The molecule has 0 N–H and O–H groups in total. The number of hydrogen-bond acceptors (Lipinski definition) is 6. The lowest BCUT2D eigenvalue weighted by atomic mass is 10.0. The predicted molar refractivity (Wildman–Crippen MR) is 312 cm³/mol. The van der Waals surface area contributed by atoms with Gasteiger partial charge < -0.3 is 14.2 Å². The number of rotatable bonds is 57. The van der Waals surface area contributed by atoms with Crippen LogP contribution in [-0.2, 0) is 28.6 Å². The third kappa shape index (κ3) is 58.0. The zero-order chi connectivity index (χ0) is 52.2. The summed E-state index contributed by atoms with van der Waals surface area (Å²) in [5.74, 6) is -0.877. The molecule has 6 heteroatoms. The van der Waals surface area contributed by atoms with Gasteiger partial charge in [-0.15, -0.1) is 0 Å². The van der Waals surface area contributed by atoms with E-state index in [1.807, 2.05) is 0 Å². The third-order valence-corrected chi connectivity index (χ3v) is 13.7. The summed E-state index contributed by atoms with van der Waals surface area (Å²) in [6.07, 6.45) is 76.4. The molecule has 0 aliphatic carbocycles. The molecule has 0 heterocycles. The van der Waals surface area contributed by atoms with Gasteiger partial charge in [-0.05, 0) is 89.9 Å². The molecule has 0 unspecified atom stereocenters. The Bertz CT molecular complexity index is 1290. The SMILES string of the molecule is CCCCC/C=C\C/C=C\C/C=C\CCCCCCCCC(=O)O[C@@H](COC(=O)CCCCCCCCCCC/C=C\C/C=C\CCCCC)COC(=O)CCCCCCCCCCCCCCCCCC. The summed E-state index contributed by atoms with van der Waals surface area (Å²) in [6.45, 7) is 6.62. The minimum Gasteiger partial charge on any atom is -0.462 e. The molecular weight excluding hydrogens is 889 g/mol. The highest BCUT2D eigenvalue weighted by molar-refractivity contribution is 5.71. The molecule has 0 saturated carbocycles. The van der Waals surface area contributed by atoms with Crippen LogP contribution >= 0.6 is 0 Å². The molecule has 0 radical (unpaired) electrons. The summed E-state index contributed by atoms with van der Waals surface area (Å²) >= 11 is 0. The number of unbranched alkanes of at least 4 members (excludes halogenated alkanes) is 36. The molecule has 0 aromatic carbocycles. The van der Waals surface area contributed by atoms with Gasteiger partial charge >= 0.3 is 17.9 Å². The van der Waals surface area contributed by atoms with Crippen molar-refractivity contribution in [2.24, 2.45) is 0 Å². The molecule has 0 fully saturated rings. The fraction of sp³-hybridized carbons (Fsp3) is 0.803. The average molecular weight is 1010 g/mol. The fourth-order valence-corrected chi connectivity index (χ4v) is 9.01. The Morgan fingerprint density at radius 2 is 0.500 bits per heavy atom. The molecule has 0 aromatic heterocycles. The van der Waals surface area contributed by atoms with Gasteiger partial charge in [0.25, 0.3) is 0 Å². The molecule has 0 aliphatic heterocycles. The van der Waals surface area contributed by atoms with Gasteiger partial charge in [-0.2, -0.15) is 0 Å². The van der Waals surface area contributed by atoms with Gasteiger partial charge in [0.1, 0.15) is 13.2 Å². The molecule has 72 heavy (non-hydrogen) atoms. The molecule has 0 amide bonds. The maximum absolute atomic E-state index is 12.9. The minimum atomic E-state index is -0.782. The van der Waals surface area contributed by atoms with Crippen molar-refractivity contribution in [3.63, 3.8) is 0 Å². The molecule has 418 valence electrons. The summed E-state index contributed by atoms with van der Waals surface area (Å²) in [5, 5.41) is 0. The second-order valence-electron chi connectivity index (χ2n) is 21.0. The van der Waals surface area contributed by atoms with Crippen molar-refractivity contribution < 1.29 is 28.6 Å². The van der Waals surface area contributed by atoms with Crippen LogP contribution in [0.3, 0.4) is 0 Å². The number of ether oxygens (including phenoxy) is 3. The van der Waals surface area contributed by atoms with Crippen molar-refractivity contribution in [2.45, 2.75) is 329 Å². The number of carbonyl (C=O) groups excluding carboxylic acids is 3. The second-order valence-corrected chi connectivity index (χ2v) is 21.0. The lowest BCUT2D eigenvalue weighted by molar-refractivity contribution is -0.167. The van der Waals surface area contributed by atoms with Crippen LogP contribution in [0, 0.1) is 0 Å². The van der Waals surface area contributed by atoms with E-state index in [0.29, 0.717) is 19.3 Å². The van der Waals surface area contributed by atoms with Crippen LogP contribution in [0.2, 0.25) is 0 Å². The van der Waals surface area contributed by atoms with Gasteiger partial charge in [-0.25, -0.2) is 0 Å². The Balaban J connectivity index is 4.38. The van der Waals surface area contributed by atoms with Crippen molar-refractivity contribution in [3.05, 3.63) is 60.8 Å². The van der Waals surface area contributed by atoms with Gasteiger partial charge in [-0.1, -0.05) is 274 Å². The number of esters is 3. The van der Waals surface area contributed by atoms with E-state index >= 15 is 0 Å². The van der Waals surface area contributed by atoms with Crippen LogP contribution in [0.1, 0.15) is 323 Å². The predicted octanol–water partition coefficient (Wildman–Crippen LogP) is 21.2. The standard InChI is InChI=1S/C66H118O6/c1-4-7-10-13-16-19-22-25-28-31-33-35-38-41-44-47-50-53-56-59-65(68)71-62-63(61-70-64(67)58-55-52-49-46-43-40-37-30-27-24-21-18-15-12-9-6-3)72-66(69)60-57-54-51-48-45-42-39-36-34-32-29-26-23-20-17-14-11-8-5-2/h16-17,19-20,25-26,28-29,34,36,63H,4-15,18,21-24,27,30-33,35,37-62H2,1-3H3/b19-16-,20-17-,28-25-,29-26-,36-34-/t63-/m1/s1. The van der Waals surface area contributed by atoms with Gasteiger partial charge in [0.05, 0.1) is 0 Å². The first kappa shape index (κ1) is 69.1. The van der Waals surface area contributed by atoms with E-state index in [0.717, 1.165) is 89.9 Å². The maximum atomic E-state index is 12.9. The molecule has 0 rings (SSSR count). The van der Waals surface area contributed by atoms with Crippen LogP contribution in [0.5, 0.6) is 0 Å². The Labute approximate surface area is 447 Å². The minimum absolute atomic E-state index is 0.0778. The summed E-state index contributed by atoms with van der Waals surface area (Å²) in [6, 6.07) is 0. The van der Waals surface area contributed by atoms with E-state index in [2.05, 4.69) is 81.5 Å². The van der Waals surface area contributed by atoms with Gasteiger partial charge in [0.2, 0.25) is 0 Å². The fourth-order valence-electron chi connectivity index (χ4n) is 9.01. The maximum Gasteiger partial charge on any atom is 0.306 e. The van der Waals surface area contributed by atoms with Crippen molar-refractivity contribution in [1.82, 2.24) is 0 Å². The molecule has 0 aromatic rings. The molecule has 6 nitrogen and oxygen atoms in total. The molecule has 0 aliphatic rings. The van der Waals surface area contributed by atoms with E-state index in [9.17, 15) is 14.4 Å². The van der Waals surface area contributed by atoms with Crippen LogP contribution < -0.4 is 0 Å². The van der Waals surface area contributed by atoms with Crippen LogP contribution in [-0.4, -0.2) is 37.2 Å². The quantitative estimate of drug-likeness (QED) is 0.0261. The lowest BCUT2D eigenvalue weighted by Gasteiger charge is -2.18. The van der Waals surface area contributed by atoms with Crippen molar-refractivity contribution in [1.29, 1.82) is 0 Å². The Hall–Kier alpha value is -2.89. The summed E-state index contributed by atoms with van der Waals surface area (Å²) < 4.78 is 16.9. The average Bonchev–Trinajstić information content (AvgIpc) is 3.38. The van der Waals surface area contributed by atoms with Crippen molar-refractivity contribution in [3.8, 4) is 0 Å². The van der Waals surface area contributed by atoms with Crippen LogP contribution in [0.15, 0.2) is 60.8 Å². The zero-order valence-electron chi connectivity index (χ0n) is 47.9. The van der Waals surface area contributed by atoms with Gasteiger partial charge in [0, 0.05) is 19.3 Å². The van der Waals surface area contributed by atoms with E-state index in [1.54, 1.807) is 0 Å². The van der Waals surface area contributed by atoms with Crippen LogP contribution in [0.25, 0.3) is 0 Å². The van der Waals surface area contributed by atoms with E-state index in [-0.39, 0.29) is 31.1 Å². The monoisotopic (exact) mass is 1010 g/mol. The summed E-state index contributed by atoms with van der Waals surface area (Å²) in [5.41, 5.74) is 0. The smallest absolute Gasteiger partial charge is 0.306 e. The molecule has 0 bridgehead atoms. The van der Waals surface area contributed by atoms with E-state index in [4.69, 9.17) is 14.2 Å². The van der Waals surface area contributed by atoms with Gasteiger partial charge in [-0.3, -0.25) is 14.4 Å². The van der Waals surface area contributed by atoms with E-state index in [1.165, 1.54) is 193 Å². The molecule has 0 spiro atoms. The Morgan fingerprint density at radius 1 is 0.278 bits per heavy atom. The molecule has 0 saturated heterocycles. The van der Waals surface area contributed by atoms with Gasteiger partial charge in [0.15, 0.2) is 6.10 Å². The highest BCUT2D eigenvalue weighted by Gasteiger charge is 2.19. The first-order chi connectivity index (χ1) is 35.5. The number of hydrogen-bond donors (Lipinski definition) is 0. The third-order valence-electron chi connectivity index (χ3n) is 13.7. The summed E-state index contributed by atoms with van der Waals surface area (Å²) in [7, 11) is 0.